The van der Waals surface area contributed by atoms with Gasteiger partial charge in [0.2, 0.25) is 5.91 Å². The van der Waals surface area contributed by atoms with Gasteiger partial charge in [0, 0.05) is 23.1 Å². The molecule has 1 aromatic heterocycles. The summed E-state index contributed by atoms with van der Waals surface area (Å²) in [5, 5.41) is 5.94. The Labute approximate surface area is 208 Å². The highest BCUT2D eigenvalue weighted by atomic mass is 32.1. The Balaban J connectivity index is 1.39. The van der Waals surface area contributed by atoms with E-state index >= 15 is 0 Å². The summed E-state index contributed by atoms with van der Waals surface area (Å²) in [6.07, 6.45) is 0.764. The van der Waals surface area contributed by atoms with Crippen LogP contribution in [0.3, 0.4) is 0 Å². The summed E-state index contributed by atoms with van der Waals surface area (Å²) in [7, 11) is 0. The zero-order valence-electron chi connectivity index (χ0n) is 19.5. The maximum Gasteiger partial charge on any atom is 0.265 e. The Hall–Kier alpha value is -3.97. The van der Waals surface area contributed by atoms with Gasteiger partial charge in [-0.2, -0.15) is 0 Å². The number of hydrogen-bond donors (Lipinski definition) is 1. The van der Waals surface area contributed by atoms with Gasteiger partial charge in [0.25, 0.3) is 5.91 Å². The van der Waals surface area contributed by atoms with E-state index in [0.29, 0.717) is 17.1 Å². The average molecular weight is 484 g/mol. The minimum Gasteiger partial charge on any atom is -0.482 e. The molecule has 0 radical (unpaired) electrons. The number of nitrogens with one attached hydrogen (secondary N) is 1. The zero-order chi connectivity index (χ0) is 24.4. The first-order valence-electron chi connectivity index (χ1n) is 11.4. The largest absolute Gasteiger partial charge is 0.482 e. The fraction of sp³-hybridized carbons (Fsp3) is 0.179. The molecule has 0 saturated heterocycles. The second-order valence-electron chi connectivity index (χ2n) is 8.56. The molecule has 4 aromatic rings. The van der Waals surface area contributed by atoms with Crippen molar-refractivity contribution in [2.75, 3.05) is 16.8 Å². The molecule has 1 aliphatic rings. The van der Waals surface area contributed by atoms with E-state index in [-0.39, 0.29) is 18.4 Å². The molecule has 0 spiro atoms. The normalized spacial score (nSPS) is 13.7. The molecule has 0 saturated carbocycles. The van der Waals surface area contributed by atoms with E-state index in [2.05, 4.69) is 17.4 Å². The fourth-order valence-corrected chi connectivity index (χ4v) is 4.89. The maximum atomic E-state index is 13.0. The predicted molar refractivity (Wildman–Crippen MR) is 139 cm³/mol. The van der Waals surface area contributed by atoms with E-state index in [1.54, 1.807) is 18.3 Å². The van der Waals surface area contributed by atoms with Crippen molar-refractivity contribution in [1.29, 1.82) is 0 Å². The molecule has 3 aromatic carbocycles. The van der Waals surface area contributed by atoms with Crippen molar-refractivity contribution in [2.45, 2.75) is 26.3 Å². The molecule has 1 atom stereocenters. The lowest BCUT2D eigenvalue weighted by Crippen LogP contribution is -2.49. The third kappa shape index (κ3) is 4.95. The quantitative estimate of drug-likeness (QED) is 0.395. The fourth-order valence-electron chi connectivity index (χ4n) is 4.05. The van der Waals surface area contributed by atoms with Gasteiger partial charge in [0.15, 0.2) is 6.61 Å². The third-order valence-electron chi connectivity index (χ3n) is 5.97. The van der Waals surface area contributed by atoms with Crippen LogP contribution in [0.2, 0.25) is 0 Å². The number of carbonyl (C=O) groups excluding carboxylic acids is 2. The van der Waals surface area contributed by atoms with E-state index in [1.165, 1.54) is 10.5 Å². The van der Waals surface area contributed by atoms with E-state index in [4.69, 9.17) is 9.72 Å². The van der Waals surface area contributed by atoms with Crippen LogP contribution in [-0.4, -0.2) is 29.4 Å². The first-order valence-corrected chi connectivity index (χ1v) is 12.3. The van der Waals surface area contributed by atoms with Crippen molar-refractivity contribution < 1.29 is 14.3 Å². The van der Waals surface area contributed by atoms with E-state index in [9.17, 15) is 9.59 Å². The maximum absolute atomic E-state index is 13.0. The molecule has 7 heteroatoms. The van der Waals surface area contributed by atoms with E-state index in [0.717, 1.165) is 28.2 Å². The van der Waals surface area contributed by atoms with Gasteiger partial charge in [0.1, 0.15) is 11.8 Å². The molecule has 5 rings (SSSR count). The summed E-state index contributed by atoms with van der Waals surface area (Å²) in [6, 6.07) is 22.7. The summed E-state index contributed by atoms with van der Waals surface area (Å²) in [5.74, 6) is 0.0478. The van der Waals surface area contributed by atoms with Crippen LogP contribution in [0.5, 0.6) is 5.75 Å². The summed E-state index contributed by atoms with van der Waals surface area (Å²) in [4.78, 5) is 32.2. The molecular formula is C28H25N3O3S. The van der Waals surface area contributed by atoms with Gasteiger partial charge in [-0.1, -0.05) is 48.0 Å². The average Bonchev–Trinajstić information content (AvgIpc) is 3.33. The van der Waals surface area contributed by atoms with Gasteiger partial charge in [-0.3, -0.25) is 14.5 Å². The van der Waals surface area contributed by atoms with Crippen LogP contribution < -0.4 is 15.0 Å². The highest BCUT2D eigenvalue weighted by molar-refractivity contribution is 7.10. The number of carbonyl (C=O) groups is 2. The number of aryl methyl sites for hydroxylation is 1. The number of rotatable bonds is 6. The van der Waals surface area contributed by atoms with Crippen LogP contribution in [-0.2, 0) is 16.0 Å². The topological polar surface area (TPSA) is 71.5 Å². The number of ether oxygens (including phenoxy) is 1. The third-order valence-corrected chi connectivity index (χ3v) is 6.82. The van der Waals surface area contributed by atoms with Crippen LogP contribution in [0, 0.1) is 6.92 Å². The number of fused-ring (bicyclic) bond motifs is 1. The summed E-state index contributed by atoms with van der Waals surface area (Å²) in [5.41, 5.74) is 5.28. The number of anilines is 2. The SMILES string of the molecule is Cc1ccc(NC(=O)C(C)N2C(=O)COc3ccc(-c4csc(Cc5ccccc5)n4)cc32)cc1. The Kier molecular flexibility index (Phi) is 6.33. The van der Waals surface area contributed by atoms with Crippen LogP contribution in [0.4, 0.5) is 11.4 Å². The minimum atomic E-state index is -0.717. The zero-order valence-corrected chi connectivity index (χ0v) is 20.3. The van der Waals surface area contributed by atoms with Crippen molar-refractivity contribution in [3.05, 3.63) is 94.3 Å². The Bertz CT molecular complexity index is 1370. The molecular weight excluding hydrogens is 458 g/mol. The number of benzene rings is 3. The van der Waals surface area contributed by atoms with E-state index in [1.807, 2.05) is 73.0 Å². The second-order valence-corrected chi connectivity index (χ2v) is 9.50. The van der Waals surface area contributed by atoms with Crippen molar-refractivity contribution >= 4 is 34.5 Å². The number of hydrogen-bond acceptors (Lipinski definition) is 5. The summed E-state index contributed by atoms with van der Waals surface area (Å²) >= 11 is 1.60. The number of amides is 2. The number of nitrogens with zero attached hydrogens (tertiary/aromatic N) is 2. The Morgan fingerprint density at radius 2 is 1.89 bits per heavy atom. The van der Waals surface area contributed by atoms with Gasteiger partial charge in [-0.25, -0.2) is 4.98 Å². The molecule has 35 heavy (non-hydrogen) atoms. The van der Waals surface area contributed by atoms with Crippen LogP contribution in [0.25, 0.3) is 11.3 Å². The van der Waals surface area contributed by atoms with Crippen LogP contribution in [0.15, 0.2) is 78.2 Å². The Morgan fingerprint density at radius 3 is 2.66 bits per heavy atom. The highest BCUT2D eigenvalue weighted by Gasteiger charge is 2.33. The van der Waals surface area contributed by atoms with Crippen molar-refractivity contribution in [3.63, 3.8) is 0 Å². The van der Waals surface area contributed by atoms with Gasteiger partial charge in [0.05, 0.1) is 16.4 Å². The summed E-state index contributed by atoms with van der Waals surface area (Å²) < 4.78 is 5.66. The lowest BCUT2D eigenvalue weighted by molar-refractivity contribution is -0.125. The first kappa shape index (κ1) is 22.8. The molecule has 0 bridgehead atoms. The first-order chi connectivity index (χ1) is 17.0. The molecule has 0 fully saturated rings. The molecule has 1 N–H and O–H groups in total. The summed E-state index contributed by atoms with van der Waals surface area (Å²) in [6.45, 7) is 3.61. The number of thiazole rings is 1. The molecule has 1 unspecified atom stereocenters. The van der Waals surface area contributed by atoms with Crippen molar-refractivity contribution in [3.8, 4) is 17.0 Å². The predicted octanol–water partition coefficient (Wildman–Crippen LogP) is 5.46. The molecule has 0 aliphatic carbocycles. The minimum absolute atomic E-state index is 0.105. The van der Waals surface area contributed by atoms with Crippen LogP contribution in [0.1, 0.15) is 23.1 Å². The van der Waals surface area contributed by atoms with Gasteiger partial charge in [-0.15, -0.1) is 11.3 Å². The molecule has 2 heterocycles. The molecule has 6 nitrogen and oxygen atoms in total. The lowest BCUT2D eigenvalue weighted by Gasteiger charge is -2.33. The Morgan fingerprint density at radius 1 is 1.11 bits per heavy atom. The van der Waals surface area contributed by atoms with Crippen molar-refractivity contribution in [2.24, 2.45) is 0 Å². The highest BCUT2D eigenvalue weighted by Crippen LogP contribution is 2.37. The molecule has 1 aliphatic heterocycles. The van der Waals surface area contributed by atoms with Crippen molar-refractivity contribution in [1.82, 2.24) is 4.98 Å². The molecule has 2 amide bonds. The van der Waals surface area contributed by atoms with Gasteiger partial charge in [-0.05, 0) is 49.7 Å². The smallest absolute Gasteiger partial charge is 0.265 e. The van der Waals surface area contributed by atoms with E-state index < -0.39 is 6.04 Å². The number of aromatic nitrogens is 1. The molecule has 176 valence electrons. The van der Waals surface area contributed by atoms with Gasteiger partial charge < -0.3 is 10.1 Å². The second kappa shape index (κ2) is 9.72. The monoisotopic (exact) mass is 483 g/mol. The van der Waals surface area contributed by atoms with Gasteiger partial charge >= 0.3 is 0 Å². The van der Waals surface area contributed by atoms with Crippen LogP contribution >= 0.6 is 11.3 Å². The lowest BCUT2D eigenvalue weighted by atomic mass is 10.1. The standard InChI is InChI=1S/C28H25N3O3S/c1-18-8-11-22(12-9-18)29-28(33)19(2)31-24-15-21(10-13-25(24)34-16-27(31)32)23-17-35-26(30-23)14-20-6-4-3-5-7-20/h3-13,15,17,19H,14,16H2,1-2H3,(H,29,33).